The van der Waals surface area contributed by atoms with Gasteiger partial charge in [-0.15, -0.1) is 0 Å². The summed E-state index contributed by atoms with van der Waals surface area (Å²) in [4.78, 5) is 0. The van der Waals surface area contributed by atoms with Crippen molar-refractivity contribution in [1.29, 1.82) is 0 Å². The molecule has 0 fully saturated rings. The van der Waals surface area contributed by atoms with E-state index in [1.165, 1.54) is 25.7 Å². The Hall–Kier alpha value is -0.520. The summed E-state index contributed by atoms with van der Waals surface area (Å²) >= 11 is 0. The first-order valence-corrected chi connectivity index (χ1v) is 13.6. The van der Waals surface area contributed by atoms with E-state index in [0.717, 1.165) is 19.3 Å². The Labute approximate surface area is 235 Å². The molecule has 0 amide bonds. The first-order chi connectivity index (χ1) is 18.4. The fourth-order valence-electron chi connectivity index (χ4n) is 1.42. The van der Waals surface area contributed by atoms with Crippen LogP contribution in [0.15, 0.2) is 0 Å². The SMILES string of the molecule is CC(O)C(C)O.CC(O)CCO.CCCCCCCO.OCC(O)CO.OCCC(O)CO.OCCCCO. The molecule has 0 spiro atoms. The average molecular weight is 585 g/mol. The quantitative estimate of drug-likeness (QED) is 0.0899. The van der Waals surface area contributed by atoms with Crippen LogP contribution in [0.5, 0.6) is 0 Å². The van der Waals surface area contributed by atoms with Crippen LogP contribution >= 0.6 is 0 Å². The molecule has 0 rings (SSSR count). The number of hydrogen-bond donors (Lipinski definition) is 13. The van der Waals surface area contributed by atoms with E-state index < -0.39 is 24.4 Å². The predicted octanol–water partition coefficient (Wildman–Crippen LogP) is -1.75. The molecule has 0 bridgehead atoms. The van der Waals surface area contributed by atoms with Gasteiger partial charge < -0.3 is 66.4 Å². The third-order valence-electron chi connectivity index (χ3n) is 4.17. The van der Waals surface area contributed by atoms with Crippen LogP contribution in [0.3, 0.4) is 0 Å². The smallest absolute Gasteiger partial charge is 0.100 e. The summed E-state index contributed by atoms with van der Waals surface area (Å²) in [6.45, 7) is 6.71. The Kier molecular flexibility index (Phi) is 66.1. The number of aliphatic hydroxyl groups excluding tert-OH is 13. The first-order valence-electron chi connectivity index (χ1n) is 13.6. The van der Waals surface area contributed by atoms with Gasteiger partial charge in [-0.3, -0.25) is 0 Å². The summed E-state index contributed by atoms with van der Waals surface area (Å²) < 4.78 is 0. The van der Waals surface area contributed by atoms with Gasteiger partial charge in [0.2, 0.25) is 0 Å². The number of aliphatic hydroxyl groups is 13. The molecule has 0 aliphatic carbocycles. The second-order valence-electron chi connectivity index (χ2n) is 8.50. The third-order valence-corrected chi connectivity index (χ3v) is 4.17. The molecule has 4 unspecified atom stereocenters. The highest BCUT2D eigenvalue weighted by atomic mass is 16.3. The van der Waals surface area contributed by atoms with E-state index in [1.807, 2.05) is 0 Å². The van der Waals surface area contributed by atoms with Gasteiger partial charge in [0.05, 0.1) is 44.2 Å². The summed E-state index contributed by atoms with van der Waals surface area (Å²) in [5, 5.41) is 106. The molecular formula is C26H64O13. The molecule has 13 nitrogen and oxygen atoms in total. The van der Waals surface area contributed by atoms with Crippen LogP contribution in [-0.4, -0.2) is 150 Å². The topological polar surface area (TPSA) is 263 Å². The van der Waals surface area contributed by atoms with E-state index in [2.05, 4.69) is 6.92 Å². The zero-order valence-corrected chi connectivity index (χ0v) is 24.7. The second kappa shape index (κ2) is 50.3. The Morgan fingerprint density at radius 2 is 0.744 bits per heavy atom. The van der Waals surface area contributed by atoms with Gasteiger partial charge in [0.1, 0.15) is 6.10 Å². The minimum absolute atomic E-state index is 0.0677. The van der Waals surface area contributed by atoms with E-state index in [-0.39, 0.29) is 58.8 Å². The van der Waals surface area contributed by atoms with Crippen molar-refractivity contribution < 1.29 is 66.4 Å². The van der Waals surface area contributed by atoms with Gasteiger partial charge in [0, 0.05) is 33.0 Å². The van der Waals surface area contributed by atoms with Crippen LogP contribution in [-0.2, 0) is 0 Å². The molecule has 0 saturated heterocycles. The highest BCUT2D eigenvalue weighted by Gasteiger charge is 2.00. The fraction of sp³-hybridized carbons (Fsp3) is 1.00. The molecule has 39 heavy (non-hydrogen) atoms. The molecule has 0 aliphatic heterocycles. The Morgan fingerprint density at radius 1 is 0.410 bits per heavy atom. The highest BCUT2D eigenvalue weighted by Crippen LogP contribution is 2.00. The lowest BCUT2D eigenvalue weighted by Gasteiger charge is -2.03. The van der Waals surface area contributed by atoms with Crippen LogP contribution in [0.2, 0.25) is 0 Å². The Bertz CT molecular complexity index is 330. The van der Waals surface area contributed by atoms with Gasteiger partial charge in [0.25, 0.3) is 0 Å². The van der Waals surface area contributed by atoms with Crippen LogP contribution < -0.4 is 0 Å². The number of unbranched alkanes of at least 4 members (excludes halogenated alkanes) is 5. The van der Waals surface area contributed by atoms with Crippen LogP contribution in [0.25, 0.3) is 0 Å². The van der Waals surface area contributed by atoms with Crippen molar-refractivity contribution in [3.8, 4) is 0 Å². The van der Waals surface area contributed by atoms with E-state index in [4.69, 9.17) is 66.4 Å². The molecule has 0 heterocycles. The van der Waals surface area contributed by atoms with Gasteiger partial charge in [-0.05, 0) is 52.9 Å². The molecule has 246 valence electrons. The van der Waals surface area contributed by atoms with E-state index in [1.54, 1.807) is 20.8 Å². The minimum Gasteiger partial charge on any atom is -0.396 e. The van der Waals surface area contributed by atoms with Crippen molar-refractivity contribution in [3.05, 3.63) is 0 Å². The van der Waals surface area contributed by atoms with Crippen molar-refractivity contribution in [1.82, 2.24) is 0 Å². The van der Waals surface area contributed by atoms with Crippen LogP contribution in [0, 0.1) is 0 Å². The van der Waals surface area contributed by atoms with Crippen molar-refractivity contribution >= 4 is 0 Å². The molecule has 4 atom stereocenters. The maximum atomic E-state index is 8.45. The number of hydrogen-bond acceptors (Lipinski definition) is 13. The van der Waals surface area contributed by atoms with Crippen molar-refractivity contribution in [3.63, 3.8) is 0 Å². The van der Waals surface area contributed by atoms with Gasteiger partial charge in [-0.25, -0.2) is 0 Å². The molecule has 13 N–H and O–H groups in total. The zero-order valence-electron chi connectivity index (χ0n) is 24.7. The molecule has 0 saturated carbocycles. The zero-order chi connectivity index (χ0) is 31.9. The van der Waals surface area contributed by atoms with E-state index in [9.17, 15) is 0 Å². The molecule has 0 aromatic heterocycles. The minimum atomic E-state index is -0.954. The van der Waals surface area contributed by atoms with Gasteiger partial charge in [0.15, 0.2) is 0 Å². The summed E-state index contributed by atoms with van der Waals surface area (Å²) in [6.07, 6.45) is 5.02. The third kappa shape index (κ3) is 85.6. The lowest BCUT2D eigenvalue weighted by molar-refractivity contribution is 0.0438. The molecule has 0 aliphatic rings. The lowest BCUT2D eigenvalue weighted by atomic mass is 10.2. The van der Waals surface area contributed by atoms with Crippen molar-refractivity contribution in [2.45, 2.75) is 116 Å². The first kappa shape index (κ1) is 51.2. The van der Waals surface area contributed by atoms with E-state index >= 15 is 0 Å². The Balaban J connectivity index is -0.0000000841. The van der Waals surface area contributed by atoms with Crippen LogP contribution in [0.4, 0.5) is 0 Å². The summed E-state index contributed by atoms with van der Waals surface area (Å²) in [6, 6.07) is 0. The standard InChI is InChI=1S/C7H16O.C4H10O3.3C4H10O2.C3H8O3/c1-2-3-4-5-6-7-8;5-2-1-4(7)3-6;1-4(6)2-3-5;1-3(5)4(2)6;5-3-1-2-4-6;4-1-3(6)2-5/h8H,2-7H2,1H3;4-7H,1-3H2;4-6H,2-3H2,1H3;3-6H,1-2H3;5-6H,1-4H2;3-6H,1-2H2. The van der Waals surface area contributed by atoms with Crippen LogP contribution in [0.1, 0.15) is 85.5 Å². The molecule has 0 aromatic rings. The molecule has 13 heteroatoms. The second-order valence-corrected chi connectivity index (χ2v) is 8.50. The van der Waals surface area contributed by atoms with Gasteiger partial charge >= 0.3 is 0 Å². The summed E-state index contributed by atoms with van der Waals surface area (Å²) in [7, 11) is 0. The normalized spacial score (nSPS) is 12.8. The van der Waals surface area contributed by atoms with Gasteiger partial charge in [-0.1, -0.05) is 32.6 Å². The monoisotopic (exact) mass is 584 g/mol. The number of rotatable bonds is 16. The van der Waals surface area contributed by atoms with Crippen molar-refractivity contribution in [2.24, 2.45) is 0 Å². The maximum absolute atomic E-state index is 8.45. The maximum Gasteiger partial charge on any atom is 0.100 e. The Morgan fingerprint density at radius 3 is 0.897 bits per heavy atom. The summed E-state index contributed by atoms with van der Waals surface area (Å²) in [5.74, 6) is 0. The molecule has 0 radical (unpaired) electrons. The summed E-state index contributed by atoms with van der Waals surface area (Å²) in [5.41, 5.74) is 0. The van der Waals surface area contributed by atoms with Gasteiger partial charge in [-0.2, -0.15) is 0 Å². The molecule has 0 aromatic carbocycles. The largest absolute Gasteiger partial charge is 0.396 e. The fourth-order valence-corrected chi connectivity index (χ4v) is 1.42. The lowest BCUT2D eigenvalue weighted by Crippen LogP contribution is -2.17. The van der Waals surface area contributed by atoms with E-state index in [0.29, 0.717) is 13.0 Å². The highest BCUT2D eigenvalue weighted by molar-refractivity contribution is 4.51. The average Bonchev–Trinajstić information content (AvgIpc) is 2.91. The predicted molar refractivity (Wildman–Crippen MR) is 151 cm³/mol. The van der Waals surface area contributed by atoms with Crippen molar-refractivity contribution in [2.75, 3.05) is 52.9 Å². The molecular weight excluding hydrogens is 520 g/mol.